The number of carbonyl (C=O) groups is 1. The number of aromatic nitrogens is 4. The van der Waals surface area contributed by atoms with Gasteiger partial charge in [0.1, 0.15) is 5.82 Å². The highest BCUT2D eigenvalue weighted by atomic mass is 32.2. The average molecular weight is 431 g/mol. The van der Waals surface area contributed by atoms with Crippen molar-refractivity contribution >= 4 is 23.4 Å². The first kappa shape index (κ1) is 19.4. The summed E-state index contributed by atoms with van der Waals surface area (Å²) in [7, 11) is 0. The molecule has 0 aliphatic carbocycles. The first-order valence-corrected chi connectivity index (χ1v) is 10.8. The van der Waals surface area contributed by atoms with Gasteiger partial charge in [-0.25, -0.2) is 4.39 Å². The smallest absolute Gasteiger partial charge is 0.237 e. The molecule has 0 N–H and O–H groups in total. The first-order valence-electron chi connectivity index (χ1n) is 9.84. The van der Waals surface area contributed by atoms with Gasteiger partial charge in [-0.15, -0.1) is 10.2 Å². The Bertz CT molecular complexity index is 1240. The maximum atomic E-state index is 14.7. The highest BCUT2D eigenvalue weighted by Gasteiger charge is 2.25. The minimum Gasteiger partial charge on any atom is -0.311 e. The van der Waals surface area contributed by atoms with E-state index in [0.29, 0.717) is 28.8 Å². The summed E-state index contributed by atoms with van der Waals surface area (Å²) in [6.07, 6.45) is 4.17. The quantitative estimate of drug-likeness (QED) is 0.444. The SMILES string of the molecule is O=C(CSc1nnc(-c2cccnc2)n1-c1ccccc1F)N1CCc2ccccc21. The Hall–Kier alpha value is -3.52. The molecule has 0 fully saturated rings. The monoisotopic (exact) mass is 431 g/mol. The van der Waals surface area contributed by atoms with Crippen molar-refractivity contribution in [2.75, 3.05) is 17.2 Å². The van der Waals surface area contributed by atoms with Crippen LogP contribution in [0.25, 0.3) is 17.1 Å². The van der Waals surface area contributed by atoms with Crippen molar-refractivity contribution < 1.29 is 9.18 Å². The summed E-state index contributed by atoms with van der Waals surface area (Å²) in [6.45, 7) is 0.666. The summed E-state index contributed by atoms with van der Waals surface area (Å²) in [4.78, 5) is 18.9. The minimum atomic E-state index is -0.394. The number of anilines is 1. The molecular weight excluding hydrogens is 413 g/mol. The molecular formula is C23H18FN5OS. The molecule has 3 heterocycles. The summed E-state index contributed by atoms with van der Waals surface area (Å²) < 4.78 is 16.3. The molecule has 0 atom stereocenters. The summed E-state index contributed by atoms with van der Waals surface area (Å²) in [5.74, 6) is 0.239. The Morgan fingerprint density at radius 2 is 1.81 bits per heavy atom. The van der Waals surface area contributed by atoms with Gasteiger partial charge in [0.2, 0.25) is 5.91 Å². The van der Waals surface area contributed by atoms with Gasteiger partial charge in [0.15, 0.2) is 11.0 Å². The second-order valence-electron chi connectivity index (χ2n) is 7.05. The van der Waals surface area contributed by atoms with E-state index in [1.165, 1.54) is 23.4 Å². The molecule has 2 aromatic heterocycles. The van der Waals surface area contributed by atoms with Crippen LogP contribution in [0, 0.1) is 5.82 Å². The second-order valence-corrected chi connectivity index (χ2v) is 7.99. The van der Waals surface area contributed by atoms with E-state index in [2.05, 4.69) is 15.2 Å². The van der Waals surface area contributed by atoms with E-state index in [1.807, 2.05) is 30.3 Å². The molecule has 154 valence electrons. The molecule has 2 aromatic carbocycles. The van der Waals surface area contributed by atoms with E-state index in [1.54, 1.807) is 46.1 Å². The molecule has 0 saturated carbocycles. The van der Waals surface area contributed by atoms with Crippen LogP contribution in [-0.2, 0) is 11.2 Å². The number of amides is 1. The van der Waals surface area contributed by atoms with E-state index in [-0.39, 0.29) is 11.7 Å². The Morgan fingerprint density at radius 1 is 1.00 bits per heavy atom. The van der Waals surface area contributed by atoms with Crippen LogP contribution in [0.3, 0.4) is 0 Å². The van der Waals surface area contributed by atoms with Crippen LogP contribution in [-0.4, -0.2) is 38.0 Å². The van der Waals surface area contributed by atoms with Crippen LogP contribution in [0.5, 0.6) is 0 Å². The lowest BCUT2D eigenvalue weighted by Gasteiger charge is -2.17. The number of fused-ring (bicyclic) bond motifs is 1. The van der Waals surface area contributed by atoms with Gasteiger partial charge < -0.3 is 4.90 Å². The molecule has 0 bridgehead atoms. The van der Waals surface area contributed by atoms with Crippen LogP contribution in [0.2, 0.25) is 0 Å². The van der Waals surface area contributed by atoms with Gasteiger partial charge in [0.25, 0.3) is 0 Å². The highest BCUT2D eigenvalue weighted by molar-refractivity contribution is 7.99. The predicted molar refractivity (Wildman–Crippen MR) is 118 cm³/mol. The molecule has 0 spiro atoms. The maximum Gasteiger partial charge on any atom is 0.237 e. The van der Waals surface area contributed by atoms with Gasteiger partial charge in [-0.05, 0) is 42.3 Å². The van der Waals surface area contributed by atoms with Crippen molar-refractivity contribution in [2.24, 2.45) is 0 Å². The Balaban J connectivity index is 1.45. The van der Waals surface area contributed by atoms with Crippen LogP contribution in [0.15, 0.2) is 78.2 Å². The first-order chi connectivity index (χ1) is 15.2. The van der Waals surface area contributed by atoms with E-state index in [0.717, 1.165) is 12.1 Å². The molecule has 1 aliphatic rings. The summed E-state index contributed by atoms with van der Waals surface area (Å²) >= 11 is 1.25. The fraction of sp³-hybridized carbons (Fsp3) is 0.130. The molecule has 0 radical (unpaired) electrons. The number of nitrogens with zero attached hydrogens (tertiary/aromatic N) is 5. The van der Waals surface area contributed by atoms with Gasteiger partial charge in [-0.1, -0.05) is 42.1 Å². The van der Waals surface area contributed by atoms with E-state index in [9.17, 15) is 9.18 Å². The number of para-hydroxylation sites is 2. The Kier molecular flexibility index (Phi) is 5.21. The lowest BCUT2D eigenvalue weighted by atomic mass is 10.2. The van der Waals surface area contributed by atoms with Crippen molar-refractivity contribution in [1.29, 1.82) is 0 Å². The van der Waals surface area contributed by atoms with Crippen LogP contribution >= 0.6 is 11.8 Å². The third-order valence-electron chi connectivity index (χ3n) is 5.16. The zero-order chi connectivity index (χ0) is 21.2. The molecule has 8 heteroatoms. The average Bonchev–Trinajstić information content (AvgIpc) is 3.43. The Labute approximate surface area is 182 Å². The van der Waals surface area contributed by atoms with Gasteiger partial charge in [0.05, 0.1) is 11.4 Å². The topological polar surface area (TPSA) is 63.9 Å². The number of pyridine rings is 1. The summed E-state index contributed by atoms with van der Waals surface area (Å²) in [5.41, 5.74) is 3.17. The van der Waals surface area contributed by atoms with Crippen molar-refractivity contribution in [3.05, 3.63) is 84.4 Å². The largest absolute Gasteiger partial charge is 0.311 e. The number of rotatable bonds is 5. The maximum absolute atomic E-state index is 14.7. The molecule has 31 heavy (non-hydrogen) atoms. The molecule has 6 nitrogen and oxygen atoms in total. The van der Waals surface area contributed by atoms with Gasteiger partial charge >= 0.3 is 0 Å². The third-order valence-corrected chi connectivity index (χ3v) is 6.07. The fourth-order valence-electron chi connectivity index (χ4n) is 3.70. The highest BCUT2D eigenvalue weighted by Crippen LogP contribution is 2.31. The zero-order valence-electron chi connectivity index (χ0n) is 16.5. The molecule has 0 saturated heterocycles. The van der Waals surface area contributed by atoms with Crippen LogP contribution in [0.4, 0.5) is 10.1 Å². The predicted octanol–water partition coefficient (Wildman–Crippen LogP) is 4.15. The van der Waals surface area contributed by atoms with Crippen molar-refractivity contribution in [3.8, 4) is 17.1 Å². The number of benzene rings is 2. The standard InChI is InChI=1S/C23H18FN5OS/c24-18-8-2-4-10-20(18)29-22(17-7-5-12-25-14-17)26-27-23(29)31-15-21(30)28-13-11-16-6-1-3-9-19(16)28/h1-10,12,14H,11,13,15H2. The fourth-order valence-corrected chi connectivity index (χ4v) is 4.52. The van der Waals surface area contributed by atoms with Gasteiger partial charge in [-0.3, -0.25) is 14.3 Å². The normalized spacial score (nSPS) is 12.7. The van der Waals surface area contributed by atoms with E-state index >= 15 is 0 Å². The lowest BCUT2D eigenvalue weighted by molar-refractivity contribution is -0.116. The van der Waals surface area contributed by atoms with Crippen molar-refractivity contribution in [3.63, 3.8) is 0 Å². The van der Waals surface area contributed by atoms with Gasteiger partial charge in [0, 0.05) is 30.2 Å². The minimum absolute atomic E-state index is 0.0130. The van der Waals surface area contributed by atoms with E-state index in [4.69, 9.17) is 0 Å². The van der Waals surface area contributed by atoms with Crippen LogP contribution < -0.4 is 4.90 Å². The Morgan fingerprint density at radius 3 is 2.61 bits per heavy atom. The zero-order valence-corrected chi connectivity index (χ0v) is 17.3. The number of thioether (sulfide) groups is 1. The molecule has 0 unspecified atom stereocenters. The number of halogens is 1. The van der Waals surface area contributed by atoms with E-state index < -0.39 is 5.82 Å². The molecule has 1 amide bonds. The molecule has 4 aromatic rings. The van der Waals surface area contributed by atoms with Gasteiger partial charge in [-0.2, -0.15) is 0 Å². The number of hydrogen-bond donors (Lipinski definition) is 0. The van der Waals surface area contributed by atoms with Crippen molar-refractivity contribution in [2.45, 2.75) is 11.6 Å². The molecule has 1 aliphatic heterocycles. The third kappa shape index (κ3) is 3.70. The molecule has 5 rings (SSSR count). The summed E-state index contributed by atoms with van der Waals surface area (Å²) in [5, 5.41) is 8.99. The number of carbonyl (C=O) groups excluding carboxylic acids is 1. The lowest BCUT2D eigenvalue weighted by Crippen LogP contribution is -2.30. The second kappa shape index (κ2) is 8.31. The van der Waals surface area contributed by atoms with Crippen LogP contribution in [0.1, 0.15) is 5.56 Å². The van der Waals surface area contributed by atoms with Crippen molar-refractivity contribution in [1.82, 2.24) is 19.7 Å². The number of hydrogen-bond acceptors (Lipinski definition) is 5. The summed E-state index contributed by atoms with van der Waals surface area (Å²) in [6, 6.07) is 18.0.